The van der Waals surface area contributed by atoms with E-state index in [2.05, 4.69) is 0 Å². The highest BCUT2D eigenvalue weighted by Gasteiger charge is 2.11. The van der Waals surface area contributed by atoms with E-state index in [0.717, 1.165) is 0 Å². The van der Waals surface area contributed by atoms with Crippen molar-refractivity contribution in [2.24, 2.45) is 0 Å². The van der Waals surface area contributed by atoms with Gasteiger partial charge in [-0.25, -0.2) is 4.79 Å². The Labute approximate surface area is 118 Å². The van der Waals surface area contributed by atoms with Gasteiger partial charge in [0, 0.05) is 22.7 Å². The zero-order valence-corrected chi connectivity index (χ0v) is 11.2. The molecule has 0 amide bonds. The molecule has 1 aromatic carbocycles. The molecule has 0 bridgehead atoms. The van der Waals surface area contributed by atoms with Crippen molar-refractivity contribution >= 4 is 22.6 Å². The lowest BCUT2D eigenvalue weighted by Gasteiger charge is -2.03. The highest BCUT2D eigenvalue weighted by atomic mass is 35.5. The molecule has 0 atom stereocenters. The summed E-state index contributed by atoms with van der Waals surface area (Å²) in [5, 5.41) is 0.515. The zero-order chi connectivity index (χ0) is 14.3. The molecule has 4 nitrogen and oxygen atoms in total. The van der Waals surface area contributed by atoms with E-state index in [1.54, 1.807) is 31.2 Å². The molecule has 3 rings (SSSR count). The Kier molecular flexibility index (Phi) is 2.95. The van der Waals surface area contributed by atoms with Gasteiger partial charge in [-0.15, -0.1) is 0 Å². The summed E-state index contributed by atoms with van der Waals surface area (Å²) < 4.78 is 10.5. The minimum Gasteiger partial charge on any atom is -0.455 e. The number of halogens is 1. The normalized spacial score (nSPS) is 10.9. The molecular weight excluding hydrogens is 280 g/mol. The number of aryl methyl sites for hydroxylation is 1. The van der Waals surface area contributed by atoms with E-state index in [0.29, 0.717) is 22.1 Å². The predicted octanol–water partition coefficient (Wildman–Crippen LogP) is 3.38. The van der Waals surface area contributed by atoms with Crippen LogP contribution in [0.1, 0.15) is 5.76 Å². The van der Waals surface area contributed by atoms with E-state index in [4.69, 9.17) is 20.4 Å². The van der Waals surface area contributed by atoms with Crippen LogP contribution in [0.25, 0.3) is 22.3 Å². The fourth-order valence-corrected chi connectivity index (χ4v) is 2.11. The first-order valence-electron chi connectivity index (χ1n) is 5.89. The lowest BCUT2D eigenvalue weighted by Crippen LogP contribution is -2.12. The summed E-state index contributed by atoms with van der Waals surface area (Å²) in [6.07, 6.45) is 0. The molecule has 20 heavy (non-hydrogen) atoms. The molecule has 0 saturated carbocycles. The van der Waals surface area contributed by atoms with Crippen molar-refractivity contribution in [2.45, 2.75) is 6.92 Å². The van der Waals surface area contributed by atoms with Crippen LogP contribution in [0.3, 0.4) is 0 Å². The first kappa shape index (κ1) is 12.7. The van der Waals surface area contributed by atoms with Crippen molar-refractivity contribution in [1.29, 1.82) is 0 Å². The van der Waals surface area contributed by atoms with Gasteiger partial charge in [-0.1, -0.05) is 11.6 Å². The molecule has 0 N–H and O–H groups in total. The minimum atomic E-state index is -0.684. The van der Waals surface area contributed by atoms with Crippen molar-refractivity contribution in [2.75, 3.05) is 0 Å². The Balaban J connectivity index is 2.32. The maximum absolute atomic E-state index is 12.0. The minimum absolute atomic E-state index is 0.0756. The van der Waals surface area contributed by atoms with Gasteiger partial charge in [0.05, 0.1) is 0 Å². The molecule has 0 unspecified atom stereocenters. The molecular formula is C15H9ClO4. The predicted molar refractivity (Wildman–Crippen MR) is 76.2 cm³/mol. The standard InChI is InChI=1S/C15H9ClO4/c1-8-6-13-14(15(18)19-8)11(17)7-12(20-13)9-2-4-10(16)5-3-9/h2-7H,1H3. The summed E-state index contributed by atoms with van der Waals surface area (Å²) in [4.78, 5) is 23.7. The van der Waals surface area contributed by atoms with Crippen molar-refractivity contribution < 1.29 is 8.83 Å². The second-order valence-corrected chi connectivity index (χ2v) is 4.80. The van der Waals surface area contributed by atoms with E-state index in [-0.39, 0.29) is 11.0 Å². The summed E-state index contributed by atoms with van der Waals surface area (Å²) in [7, 11) is 0. The topological polar surface area (TPSA) is 60.4 Å². The number of rotatable bonds is 1. The molecule has 0 saturated heterocycles. The lowest BCUT2D eigenvalue weighted by atomic mass is 10.1. The third kappa shape index (κ3) is 2.14. The maximum atomic E-state index is 12.0. The molecule has 3 aromatic rings. The fraction of sp³-hybridized carbons (Fsp3) is 0.0667. The number of hydrogen-bond acceptors (Lipinski definition) is 4. The van der Waals surface area contributed by atoms with Crippen LogP contribution in [0.2, 0.25) is 5.02 Å². The third-order valence-corrected chi connectivity index (χ3v) is 3.15. The molecule has 0 fully saturated rings. The van der Waals surface area contributed by atoms with Crippen LogP contribution < -0.4 is 11.1 Å². The summed E-state index contributed by atoms with van der Waals surface area (Å²) in [5.74, 6) is 0.767. The van der Waals surface area contributed by atoms with Gasteiger partial charge in [-0.3, -0.25) is 4.79 Å². The molecule has 100 valence electrons. The quantitative estimate of drug-likeness (QED) is 0.689. The van der Waals surface area contributed by atoms with Crippen LogP contribution in [-0.2, 0) is 0 Å². The lowest BCUT2D eigenvalue weighted by molar-refractivity contribution is 0.482. The molecule has 5 heteroatoms. The van der Waals surface area contributed by atoms with E-state index in [1.165, 1.54) is 12.1 Å². The van der Waals surface area contributed by atoms with Crippen LogP contribution in [0.15, 0.2) is 54.8 Å². The summed E-state index contributed by atoms with van der Waals surface area (Å²) in [6.45, 7) is 1.62. The summed E-state index contributed by atoms with van der Waals surface area (Å²) in [5.41, 5.74) is -0.183. The maximum Gasteiger partial charge on any atom is 0.351 e. The van der Waals surface area contributed by atoms with Crippen LogP contribution in [0, 0.1) is 6.92 Å². The van der Waals surface area contributed by atoms with Crippen LogP contribution in [0.4, 0.5) is 0 Å². The number of hydrogen-bond donors (Lipinski definition) is 0. The highest BCUT2D eigenvalue weighted by Crippen LogP contribution is 2.23. The molecule has 0 aliphatic carbocycles. The second-order valence-electron chi connectivity index (χ2n) is 4.37. The average Bonchev–Trinajstić information content (AvgIpc) is 2.38. The Hall–Kier alpha value is -2.33. The Bertz CT molecular complexity index is 904. The molecule has 0 aliphatic rings. The van der Waals surface area contributed by atoms with Crippen LogP contribution in [-0.4, -0.2) is 0 Å². The van der Waals surface area contributed by atoms with Gasteiger partial charge in [0.25, 0.3) is 0 Å². The van der Waals surface area contributed by atoms with Crippen molar-refractivity contribution in [3.63, 3.8) is 0 Å². The van der Waals surface area contributed by atoms with Gasteiger partial charge in [0.15, 0.2) is 5.39 Å². The van der Waals surface area contributed by atoms with Gasteiger partial charge in [-0.05, 0) is 31.2 Å². The Morgan fingerprint density at radius 2 is 1.70 bits per heavy atom. The van der Waals surface area contributed by atoms with Gasteiger partial charge >= 0.3 is 5.63 Å². The molecule has 0 spiro atoms. The van der Waals surface area contributed by atoms with Crippen molar-refractivity contribution in [1.82, 2.24) is 0 Å². The van der Waals surface area contributed by atoms with E-state index >= 15 is 0 Å². The molecule has 0 radical (unpaired) electrons. The van der Waals surface area contributed by atoms with Gasteiger partial charge in [0.2, 0.25) is 5.43 Å². The average molecular weight is 289 g/mol. The van der Waals surface area contributed by atoms with Crippen molar-refractivity contribution in [3.8, 4) is 11.3 Å². The monoisotopic (exact) mass is 288 g/mol. The SMILES string of the molecule is Cc1cc2oc(-c3ccc(Cl)cc3)cc(=O)c2c(=O)o1. The van der Waals surface area contributed by atoms with Crippen LogP contribution >= 0.6 is 11.6 Å². The highest BCUT2D eigenvalue weighted by molar-refractivity contribution is 6.30. The number of fused-ring (bicyclic) bond motifs is 1. The molecule has 0 aliphatic heterocycles. The van der Waals surface area contributed by atoms with Crippen molar-refractivity contribution in [3.05, 3.63) is 67.8 Å². The molecule has 2 aromatic heterocycles. The van der Waals surface area contributed by atoms with Gasteiger partial charge in [-0.2, -0.15) is 0 Å². The van der Waals surface area contributed by atoms with Gasteiger partial charge < -0.3 is 8.83 Å². The smallest absolute Gasteiger partial charge is 0.351 e. The summed E-state index contributed by atoms with van der Waals surface area (Å²) >= 11 is 5.82. The first-order chi connectivity index (χ1) is 9.54. The summed E-state index contributed by atoms with van der Waals surface area (Å²) in [6, 6.07) is 9.68. The third-order valence-electron chi connectivity index (χ3n) is 2.90. The second kappa shape index (κ2) is 4.65. The van der Waals surface area contributed by atoms with Crippen LogP contribution in [0.5, 0.6) is 0 Å². The zero-order valence-electron chi connectivity index (χ0n) is 10.5. The van der Waals surface area contributed by atoms with E-state index in [1.807, 2.05) is 0 Å². The first-order valence-corrected chi connectivity index (χ1v) is 6.27. The molecule has 2 heterocycles. The largest absolute Gasteiger partial charge is 0.455 e. The fourth-order valence-electron chi connectivity index (χ4n) is 1.98. The number of benzene rings is 1. The van der Waals surface area contributed by atoms with E-state index < -0.39 is 11.1 Å². The Morgan fingerprint density at radius 1 is 1.00 bits per heavy atom. The van der Waals surface area contributed by atoms with E-state index in [9.17, 15) is 9.59 Å². The Morgan fingerprint density at radius 3 is 2.40 bits per heavy atom. The van der Waals surface area contributed by atoms with Gasteiger partial charge in [0.1, 0.15) is 17.1 Å².